The van der Waals surface area contributed by atoms with Crippen LogP contribution in [0.1, 0.15) is 0 Å². The number of hydrogen-bond donors (Lipinski definition) is 2. The zero-order valence-electron chi connectivity index (χ0n) is 9.28. The Hall–Kier alpha value is -1.24. The first kappa shape index (κ1) is 12.2. The normalized spacial score (nSPS) is 41.4. The van der Waals surface area contributed by atoms with Gasteiger partial charge in [0.25, 0.3) is 0 Å². The Kier molecular flexibility index (Phi) is 3.28. The van der Waals surface area contributed by atoms with Crippen LogP contribution >= 0.6 is 0 Å². The Morgan fingerprint density at radius 3 is 2.65 bits per heavy atom. The number of methoxy groups -OCH3 is 1. The lowest BCUT2D eigenvalue weighted by molar-refractivity contribution is -0.151. The van der Waals surface area contributed by atoms with Gasteiger partial charge in [0.15, 0.2) is 6.30 Å². The maximum atomic E-state index is 13.6. The predicted molar refractivity (Wildman–Crippen MR) is 53.3 cm³/mol. The van der Waals surface area contributed by atoms with Gasteiger partial charge < -0.3 is 10.1 Å². The first-order valence-electron chi connectivity index (χ1n) is 5.43. The van der Waals surface area contributed by atoms with Crippen molar-refractivity contribution in [3.8, 4) is 0 Å². The van der Waals surface area contributed by atoms with E-state index < -0.39 is 42.1 Å². The van der Waals surface area contributed by atoms with Gasteiger partial charge in [0.1, 0.15) is 12.1 Å². The summed E-state index contributed by atoms with van der Waals surface area (Å²) in [5.74, 6) is -4.06. The highest BCUT2D eigenvalue weighted by Crippen LogP contribution is 2.35. The van der Waals surface area contributed by atoms with Crippen LogP contribution in [-0.4, -0.2) is 44.5 Å². The van der Waals surface area contributed by atoms with Crippen LogP contribution in [-0.2, 0) is 14.3 Å². The Morgan fingerprint density at radius 1 is 1.41 bits per heavy atom. The van der Waals surface area contributed by atoms with Crippen LogP contribution in [0, 0.1) is 17.8 Å². The summed E-state index contributed by atoms with van der Waals surface area (Å²) in [5, 5.41) is 4.81. The lowest BCUT2D eigenvalue weighted by atomic mass is 9.81. The second-order valence-electron chi connectivity index (χ2n) is 4.31. The van der Waals surface area contributed by atoms with E-state index in [4.69, 9.17) is 0 Å². The first-order valence-corrected chi connectivity index (χ1v) is 5.43. The number of amides is 1. The van der Waals surface area contributed by atoms with Crippen molar-refractivity contribution in [3.05, 3.63) is 0 Å². The third-order valence-electron chi connectivity index (χ3n) is 3.44. The Balaban J connectivity index is 2.19. The lowest BCUT2D eigenvalue weighted by Gasteiger charge is -2.24. The van der Waals surface area contributed by atoms with Crippen LogP contribution in [0.4, 0.5) is 8.78 Å². The van der Waals surface area contributed by atoms with Gasteiger partial charge in [-0.05, 0) is 0 Å². The Morgan fingerprint density at radius 2 is 2.12 bits per heavy atom. The average molecular weight is 248 g/mol. The second kappa shape index (κ2) is 4.56. The average Bonchev–Trinajstić information content (AvgIpc) is 2.82. The summed E-state index contributed by atoms with van der Waals surface area (Å²) < 4.78 is 31.6. The molecule has 0 aliphatic carbocycles. The Bertz CT molecular complexity index is 330. The van der Waals surface area contributed by atoms with Crippen molar-refractivity contribution in [2.24, 2.45) is 17.8 Å². The highest BCUT2D eigenvalue weighted by Gasteiger charge is 2.52. The van der Waals surface area contributed by atoms with E-state index in [0.29, 0.717) is 0 Å². The molecule has 96 valence electrons. The number of carbonyl (C=O) groups excluding carboxylic acids is 2. The smallest absolute Gasteiger partial charge is 0.318 e. The summed E-state index contributed by atoms with van der Waals surface area (Å²) in [5.41, 5.74) is 0. The largest absolute Gasteiger partial charge is 0.468 e. The predicted octanol–water partition coefficient (Wildman–Crippen LogP) is -0.625. The van der Waals surface area contributed by atoms with Crippen LogP contribution in [0.15, 0.2) is 0 Å². The number of carbonyl (C=O) groups is 2. The summed E-state index contributed by atoms with van der Waals surface area (Å²) in [6.45, 7) is 0.0101. The molecule has 0 aromatic heterocycles. The van der Waals surface area contributed by atoms with Crippen molar-refractivity contribution < 1.29 is 23.1 Å². The van der Waals surface area contributed by atoms with E-state index in [1.54, 1.807) is 0 Å². The monoisotopic (exact) mass is 248 g/mol. The van der Waals surface area contributed by atoms with E-state index in [0.717, 1.165) is 7.11 Å². The molecule has 0 radical (unpaired) electrons. The van der Waals surface area contributed by atoms with Crippen molar-refractivity contribution in [2.45, 2.75) is 12.5 Å². The molecule has 2 fully saturated rings. The van der Waals surface area contributed by atoms with Crippen molar-refractivity contribution in [1.82, 2.24) is 10.6 Å². The maximum absolute atomic E-state index is 13.6. The first-order chi connectivity index (χ1) is 8.06. The number of alkyl halides is 2. The molecule has 2 aliphatic heterocycles. The van der Waals surface area contributed by atoms with Gasteiger partial charge in [-0.1, -0.05) is 0 Å². The molecular weight excluding hydrogens is 234 g/mol. The van der Waals surface area contributed by atoms with Crippen molar-refractivity contribution in [2.75, 3.05) is 20.2 Å². The molecule has 0 spiro atoms. The van der Waals surface area contributed by atoms with Crippen molar-refractivity contribution in [1.29, 1.82) is 0 Å². The number of halogens is 2. The van der Waals surface area contributed by atoms with Crippen LogP contribution in [0.25, 0.3) is 0 Å². The molecular formula is C10H14F2N2O3. The van der Waals surface area contributed by atoms with Crippen LogP contribution in [0.5, 0.6) is 0 Å². The summed E-state index contributed by atoms with van der Waals surface area (Å²) in [7, 11) is 1.15. The molecule has 2 rings (SSSR count). The minimum atomic E-state index is -1.53. The molecule has 0 bridgehead atoms. The molecule has 2 aliphatic rings. The Labute approximate surface area is 96.9 Å². The van der Waals surface area contributed by atoms with Gasteiger partial charge in [-0.15, -0.1) is 0 Å². The zero-order valence-corrected chi connectivity index (χ0v) is 9.28. The van der Waals surface area contributed by atoms with Gasteiger partial charge in [0.05, 0.1) is 7.11 Å². The van der Waals surface area contributed by atoms with Gasteiger partial charge in [-0.25, -0.2) is 8.78 Å². The highest BCUT2D eigenvalue weighted by molar-refractivity contribution is 5.99. The fourth-order valence-electron chi connectivity index (χ4n) is 2.57. The minimum absolute atomic E-state index is 0.0928. The third kappa shape index (κ3) is 1.99. The molecule has 2 heterocycles. The number of ether oxygens (including phenoxy) is 1. The lowest BCUT2D eigenvalue weighted by Crippen LogP contribution is -2.38. The van der Waals surface area contributed by atoms with Crippen molar-refractivity contribution >= 4 is 11.9 Å². The van der Waals surface area contributed by atoms with Crippen LogP contribution in [0.3, 0.4) is 0 Å². The molecule has 0 aromatic rings. The van der Waals surface area contributed by atoms with Gasteiger partial charge in [0, 0.05) is 24.9 Å². The van der Waals surface area contributed by atoms with Crippen LogP contribution < -0.4 is 10.6 Å². The molecule has 1 amide bonds. The summed E-state index contributed by atoms with van der Waals surface area (Å²) in [6.07, 6.45) is -2.93. The SMILES string of the molecule is COC(=O)C1C(=O)NCC1C1C(F)CNC1F. The molecule has 17 heavy (non-hydrogen) atoms. The van der Waals surface area contributed by atoms with Gasteiger partial charge in [0.2, 0.25) is 5.91 Å². The second-order valence-corrected chi connectivity index (χ2v) is 4.31. The van der Waals surface area contributed by atoms with Gasteiger partial charge in [-0.3, -0.25) is 14.9 Å². The molecule has 7 heteroatoms. The zero-order chi connectivity index (χ0) is 12.6. The minimum Gasteiger partial charge on any atom is -0.468 e. The summed E-state index contributed by atoms with van der Waals surface area (Å²) in [6, 6.07) is 0. The van der Waals surface area contributed by atoms with E-state index in [-0.39, 0.29) is 13.1 Å². The number of esters is 1. The van der Waals surface area contributed by atoms with E-state index >= 15 is 0 Å². The summed E-state index contributed by atoms with van der Waals surface area (Å²) in [4.78, 5) is 22.9. The fraction of sp³-hybridized carbons (Fsp3) is 0.800. The standard InChI is InChI=1S/C10H14F2N2O3/c1-17-10(16)7-4(2-14-9(7)15)6-5(11)3-13-8(6)12/h4-8,13H,2-3H2,1H3,(H,14,15). The molecule has 5 atom stereocenters. The highest BCUT2D eigenvalue weighted by atomic mass is 19.1. The molecule has 0 aromatic carbocycles. The summed E-state index contributed by atoms with van der Waals surface area (Å²) >= 11 is 0. The van der Waals surface area contributed by atoms with Crippen molar-refractivity contribution in [3.63, 3.8) is 0 Å². The van der Waals surface area contributed by atoms with E-state index in [1.165, 1.54) is 0 Å². The maximum Gasteiger partial charge on any atom is 0.318 e. The fourth-order valence-corrected chi connectivity index (χ4v) is 2.57. The molecule has 2 saturated heterocycles. The topological polar surface area (TPSA) is 67.4 Å². The van der Waals surface area contributed by atoms with E-state index in [2.05, 4.69) is 15.4 Å². The van der Waals surface area contributed by atoms with Gasteiger partial charge in [-0.2, -0.15) is 0 Å². The number of hydrogen-bond acceptors (Lipinski definition) is 4. The van der Waals surface area contributed by atoms with Crippen LogP contribution in [0.2, 0.25) is 0 Å². The quantitative estimate of drug-likeness (QED) is 0.388. The molecule has 2 N–H and O–H groups in total. The molecule has 5 unspecified atom stereocenters. The van der Waals surface area contributed by atoms with E-state index in [1.807, 2.05) is 0 Å². The number of nitrogens with one attached hydrogen (secondary N) is 2. The third-order valence-corrected chi connectivity index (χ3v) is 3.44. The molecule has 5 nitrogen and oxygen atoms in total. The van der Waals surface area contributed by atoms with E-state index in [9.17, 15) is 18.4 Å². The number of rotatable bonds is 2. The van der Waals surface area contributed by atoms with Gasteiger partial charge >= 0.3 is 5.97 Å². The molecule has 0 saturated carbocycles.